The van der Waals surface area contributed by atoms with Gasteiger partial charge in [-0.3, -0.25) is 14.5 Å². The molecule has 2 aromatic carbocycles. The zero-order valence-corrected chi connectivity index (χ0v) is 16.3. The molecule has 6 nitrogen and oxygen atoms in total. The summed E-state index contributed by atoms with van der Waals surface area (Å²) >= 11 is 0. The highest BCUT2D eigenvalue weighted by Crippen LogP contribution is 2.32. The zero-order chi connectivity index (χ0) is 20.3. The van der Waals surface area contributed by atoms with Crippen LogP contribution in [0.15, 0.2) is 54.2 Å². The Balaban J connectivity index is 1.97. The van der Waals surface area contributed by atoms with Crippen molar-refractivity contribution in [2.24, 2.45) is 0 Å². The van der Waals surface area contributed by atoms with Crippen molar-refractivity contribution in [2.45, 2.75) is 13.5 Å². The van der Waals surface area contributed by atoms with Crippen LogP contribution in [0.4, 0.5) is 0 Å². The lowest BCUT2D eigenvalue weighted by Gasteiger charge is -2.20. The molecule has 0 bridgehead atoms. The number of carbonyl (C=O) groups is 2. The molecule has 2 amide bonds. The van der Waals surface area contributed by atoms with Crippen LogP contribution in [0.5, 0.6) is 5.75 Å². The number of hydrogen-bond acceptors (Lipinski definition) is 5. The molecule has 0 aliphatic carbocycles. The molecule has 0 fully saturated rings. The number of nitrogens with zero attached hydrogens (tertiary/aromatic N) is 2. The van der Waals surface area contributed by atoms with Crippen LogP contribution in [0.1, 0.15) is 16.7 Å². The molecule has 0 spiro atoms. The molecule has 146 valence electrons. The highest BCUT2D eigenvalue weighted by molar-refractivity contribution is 6.35. The fourth-order valence-corrected chi connectivity index (χ4v) is 3.22. The van der Waals surface area contributed by atoms with Gasteiger partial charge < -0.3 is 14.7 Å². The molecule has 2 aromatic rings. The van der Waals surface area contributed by atoms with Gasteiger partial charge in [0.05, 0.1) is 25.8 Å². The molecule has 1 N–H and O–H groups in total. The first-order chi connectivity index (χ1) is 13.5. The quantitative estimate of drug-likeness (QED) is 0.746. The van der Waals surface area contributed by atoms with Crippen LogP contribution in [-0.2, 0) is 16.1 Å². The van der Waals surface area contributed by atoms with Gasteiger partial charge in [-0.1, -0.05) is 42.0 Å². The van der Waals surface area contributed by atoms with E-state index in [0.717, 1.165) is 11.1 Å². The Morgan fingerprint density at radius 1 is 1.00 bits per heavy atom. The van der Waals surface area contributed by atoms with E-state index in [0.29, 0.717) is 22.6 Å². The second kappa shape index (κ2) is 8.27. The summed E-state index contributed by atoms with van der Waals surface area (Å²) in [5.74, 6) is 0.0291. The summed E-state index contributed by atoms with van der Waals surface area (Å²) in [6.45, 7) is 2.29. The Hall–Kier alpha value is -3.12. The number of aliphatic hydroxyl groups is 1. The number of aryl methyl sites for hydroxylation is 1. The van der Waals surface area contributed by atoms with E-state index in [9.17, 15) is 14.7 Å². The second-order valence-electron chi connectivity index (χ2n) is 6.78. The van der Waals surface area contributed by atoms with Gasteiger partial charge in [0.2, 0.25) is 0 Å². The summed E-state index contributed by atoms with van der Waals surface area (Å²) in [5.41, 5.74) is 3.28. The summed E-state index contributed by atoms with van der Waals surface area (Å²) in [6.07, 6.45) is 0. The average Bonchev–Trinajstić information content (AvgIpc) is 2.94. The third kappa shape index (κ3) is 3.77. The molecule has 3 rings (SSSR count). The van der Waals surface area contributed by atoms with Crippen LogP contribution in [-0.4, -0.2) is 54.0 Å². The molecular weight excluding hydrogens is 356 g/mol. The molecule has 6 heteroatoms. The van der Waals surface area contributed by atoms with Crippen molar-refractivity contribution in [1.29, 1.82) is 0 Å². The Morgan fingerprint density at radius 3 is 2.21 bits per heavy atom. The van der Waals surface area contributed by atoms with E-state index in [1.165, 1.54) is 4.90 Å². The van der Waals surface area contributed by atoms with Crippen LogP contribution in [0, 0.1) is 6.92 Å². The predicted octanol–water partition coefficient (Wildman–Crippen LogP) is 2.21. The Labute approximate surface area is 164 Å². The van der Waals surface area contributed by atoms with Gasteiger partial charge in [-0.25, -0.2) is 0 Å². The van der Waals surface area contributed by atoms with Crippen molar-refractivity contribution in [3.8, 4) is 5.75 Å². The van der Waals surface area contributed by atoms with Crippen molar-refractivity contribution >= 4 is 17.4 Å². The fourth-order valence-electron chi connectivity index (χ4n) is 3.22. The van der Waals surface area contributed by atoms with Gasteiger partial charge in [0.1, 0.15) is 11.4 Å². The van der Waals surface area contributed by atoms with Gasteiger partial charge >= 0.3 is 0 Å². The van der Waals surface area contributed by atoms with E-state index in [1.54, 1.807) is 31.2 Å². The maximum absolute atomic E-state index is 13.2. The lowest BCUT2D eigenvalue weighted by Crippen LogP contribution is -2.34. The molecular formula is C22H24N2O4. The number of methoxy groups -OCH3 is 1. The van der Waals surface area contributed by atoms with E-state index in [1.807, 2.05) is 43.3 Å². The second-order valence-corrected chi connectivity index (χ2v) is 6.78. The molecule has 0 saturated carbocycles. The van der Waals surface area contributed by atoms with Gasteiger partial charge in [0, 0.05) is 13.6 Å². The average molecular weight is 380 g/mol. The third-order valence-electron chi connectivity index (χ3n) is 4.80. The third-order valence-corrected chi connectivity index (χ3v) is 4.80. The maximum atomic E-state index is 13.2. The van der Waals surface area contributed by atoms with Crippen LogP contribution in [0.25, 0.3) is 5.57 Å². The smallest absolute Gasteiger partial charge is 0.278 e. The standard InChI is InChI=1S/C22H24N2O4/c1-15-4-8-17(9-5-15)19-20(23(2)12-13-25)22(27)24(21(19)26)14-16-6-10-18(28-3)11-7-16/h4-11,25H,12-14H2,1-3H3. The summed E-state index contributed by atoms with van der Waals surface area (Å²) in [6, 6.07) is 14.8. The molecule has 0 unspecified atom stereocenters. The van der Waals surface area contributed by atoms with E-state index < -0.39 is 0 Å². The molecule has 1 heterocycles. The molecule has 28 heavy (non-hydrogen) atoms. The summed E-state index contributed by atoms with van der Waals surface area (Å²) in [5, 5.41) is 9.31. The Morgan fingerprint density at radius 2 is 1.64 bits per heavy atom. The minimum absolute atomic E-state index is 0.110. The van der Waals surface area contributed by atoms with Crippen molar-refractivity contribution in [3.63, 3.8) is 0 Å². The molecule has 0 aromatic heterocycles. The van der Waals surface area contributed by atoms with Gasteiger partial charge in [0.15, 0.2) is 0 Å². The highest BCUT2D eigenvalue weighted by Gasteiger charge is 2.40. The van der Waals surface area contributed by atoms with Crippen LogP contribution in [0.3, 0.4) is 0 Å². The Kier molecular flexibility index (Phi) is 5.80. The fraction of sp³-hybridized carbons (Fsp3) is 0.273. The number of ether oxygens (including phenoxy) is 1. The molecule has 0 atom stereocenters. The van der Waals surface area contributed by atoms with Crippen molar-refractivity contribution < 1.29 is 19.4 Å². The topological polar surface area (TPSA) is 70.1 Å². The molecule has 0 saturated heterocycles. The number of hydrogen-bond donors (Lipinski definition) is 1. The summed E-state index contributed by atoms with van der Waals surface area (Å²) in [7, 11) is 3.30. The summed E-state index contributed by atoms with van der Waals surface area (Å²) < 4.78 is 5.16. The number of likely N-dealkylation sites (N-methyl/N-ethyl adjacent to an activating group) is 1. The highest BCUT2D eigenvalue weighted by atomic mass is 16.5. The SMILES string of the molecule is COc1ccc(CN2C(=O)C(c3ccc(C)cc3)=C(N(C)CCO)C2=O)cc1. The van der Waals surface area contributed by atoms with E-state index in [-0.39, 0.29) is 31.5 Å². The first-order valence-corrected chi connectivity index (χ1v) is 9.08. The number of rotatable bonds is 7. The molecule has 0 radical (unpaired) electrons. The van der Waals surface area contributed by atoms with Crippen LogP contribution < -0.4 is 4.74 Å². The molecule has 1 aliphatic heterocycles. The largest absolute Gasteiger partial charge is 0.497 e. The lowest BCUT2D eigenvalue weighted by atomic mass is 10.0. The summed E-state index contributed by atoms with van der Waals surface area (Å²) in [4.78, 5) is 29.2. The van der Waals surface area contributed by atoms with Crippen molar-refractivity contribution in [2.75, 3.05) is 27.3 Å². The molecule has 1 aliphatic rings. The van der Waals surface area contributed by atoms with Gasteiger partial charge in [-0.15, -0.1) is 0 Å². The minimum atomic E-state index is -0.354. The van der Waals surface area contributed by atoms with E-state index >= 15 is 0 Å². The predicted molar refractivity (Wildman–Crippen MR) is 106 cm³/mol. The van der Waals surface area contributed by atoms with E-state index in [4.69, 9.17) is 4.74 Å². The van der Waals surface area contributed by atoms with E-state index in [2.05, 4.69) is 0 Å². The number of carbonyl (C=O) groups excluding carboxylic acids is 2. The minimum Gasteiger partial charge on any atom is -0.497 e. The lowest BCUT2D eigenvalue weighted by molar-refractivity contribution is -0.138. The monoisotopic (exact) mass is 380 g/mol. The van der Waals surface area contributed by atoms with Crippen molar-refractivity contribution in [3.05, 3.63) is 70.9 Å². The normalized spacial score (nSPS) is 14.1. The number of imide groups is 1. The van der Waals surface area contributed by atoms with Crippen molar-refractivity contribution in [1.82, 2.24) is 9.80 Å². The zero-order valence-electron chi connectivity index (χ0n) is 16.3. The number of aliphatic hydroxyl groups excluding tert-OH is 1. The van der Waals surface area contributed by atoms with Crippen LogP contribution >= 0.6 is 0 Å². The first-order valence-electron chi connectivity index (χ1n) is 9.08. The van der Waals surface area contributed by atoms with Gasteiger partial charge in [-0.2, -0.15) is 0 Å². The number of amides is 2. The van der Waals surface area contributed by atoms with Gasteiger partial charge in [0.25, 0.3) is 11.8 Å². The Bertz CT molecular complexity index is 901. The van der Waals surface area contributed by atoms with Crippen LogP contribution in [0.2, 0.25) is 0 Å². The van der Waals surface area contributed by atoms with Gasteiger partial charge in [-0.05, 0) is 30.2 Å². The number of benzene rings is 2. The first kappa shape index (κ1) is 19.6. The maximum Gasteiger partial charge on any atom is 0.278 e.